The van der Waals surface area contributed by atoms with E-state index in [9.17, 15) is 4.79 Å². The highest BCUT2D eigenvalue weighted by Gasteiger charge is 2.25. The fourth-order valence-corrected chi connectivity index (χ4v) is 2.38. The number of methoxy groups -OCH3 is 1. The van der Waals surface area contributed by atoms with E-state index in [1.54, 1.807) is 7.11 Å². The summed E-state index contributed by atoms with van der Waals surface area (Å²) in [6.45, 7) is 4.17. The molecule has 1 saturated heterocycles. The molecule has 0 bridgehead atoms. The quantitative estimate of drug-likeness (QED) is 0.878. The lowest BCUT2D eigenvalue weighted by Gasteiger charge is -2.17. The van der Waals surface area contributed by atoms with Crippen LogP contribution in [0.25, 0.3) is 0 Å². The molecule has 1 aromatic rings. The molecule has 1 aliphatic rings. The summed E-state index contributed by atoms with van der Waals surface area (Å²) in [6, 6.07) is 5.65. The van der Waals surface area contributed by atoms with Crippen LogP contribution < -0.4 is 15.2 Å². The minimum atomic E-state index is 0.00331. The van der Waals surface area contributed by atoms with Crippen molar-refractivity contribution in [3.05, 3.63) is 23.8 Å². The molecular weight excluding hydrogens is 256 g/mol. The number of carbonyl (C=O) groups excluding carboxylic acids is 1. The van der Waals surface area contributed by atoms with Crippen LogP contribution in [0.1, 0.15) is 12.0 Å². The second-order valence-corrected chi connectivity index (χ2v) is 5.17. The van der Waals surface area contributed by atoms with Gasteiger partial charge in [0.1, 0.15) is 0 Å². The lowest BCUT2D eigenvalue weighted by atomic mass is 10.1. The van der Waals surface area contributed by atoms with Crippen LogP contribution in [0, 0.1) is 12.8 Å². The van der Waals surface area contributed by atoms with Gasteiger partial charge in [0.15, 0.2) is 18.1 Å². The molecule has 1 aliphatic heterocycles. The van der Waals surface area contributed by atoms with E-state index in [0.717, 1.165) is 25.1 Å². The van der Waals surface area contributed by atoms with Gasteiger partial charge in [0.25, 0.3) is 5.91 Å². The Hall–Kier alpha value is -1.75. The Bertz CT molecular complexity index is 476. The fraction of sp³-hybridized carbons (Fsp3) is 0.533. The molecule has 2 N–H and O–H groups in total. The van der Waals surface area contributed by atoms with E-state index in [-0.39, 0.29) is 12.5 Å². The molecule has 5 nitrogen and oxygen atoms in total. The second-order valence-electron chi connectivity index (χ2n) is 5.17. The van der Waals surface area contributed by atoms with Gasteiger partial charge in [-0.15, -0.1) is 0 Å². The van der Waals surface area contributed by atoms with E-state index in [1.807, 2.05) is 30.0 Å². The predicted molar refractivity (Wildman–Crippen MR) is 77.0 cm³/mol. The van der Waals surface area contributed by atoms with Gasteiger partial charge in [-0.3, -0.25) is 4.79 Å². The first kappa shape index (κ1) is 14.7. The minimum Gasteiger partial charge on any atom is -0.493 e. The zero-order valence-electron chi connectivity index (χ0n) is 12.1. The third-order valence-electron chi connectivity index (χ3n) is 3.64. The fourth-order valence-electron chi connectivity index (χ4n) is 2.38. The van der Waals surface area contributed by atoms with Crippen LogP contribution in [-0.4, -0.2) is 44.2 Å². The smallest absolute Gasteiger partial charge is 0.260 e. The van der Waals surface area contributed by atoms with Crippen molar-refractivity contribution in [3.63, 3.8) is 0 Å². The molecular formula is C15H22N2O3. The summed E-state index contributed by atoms with van der Waals surface area (Å²) >= 11 is 0. The molecule has 0 radical (unpaired) electrons. The highest BCUT2D eigenvalue weighted by molar-refractivity contribution is 5.78. The van der Waals surface area contributed by atoms with Crippen LogP contribution in [0.4, 0.5) is 0 Å². The number of ether oxygens (including phenoxy) is 2. The van der Waals surface area contributed by atoms with Crippen LogP contribution in [-0.2, 0) is 4.79 Å². The molecule has 1 amide bonds. The van der Waals surface area contributed by atoms with Crippen LogP contribution >= 0.6 is 0 Å². The first-order valence-electron chi connectivity index (χ1n) is 6.89. The van der Waals surface area contributed by atoms with E-state index in [2.05, 4.69) is 0 Å². The molecule has 0 spiro atoms. The number of hydrogen-bond acceptors (Lipinski definition) is 4. The van der Waals surface area contributed by atoms with Crippen molar-refractivity contribution in [2.45, 2.75) is 13.3 Å². The third-order valence-corrected chi connectivity index (χ3v) is 3.64. The van der Waals surface area contributed by atoms with Gasteiger partial charge in [-0.2, -0.15) is 0 Å². The van der Waals surface area contributed by atoms with Gasteiger partial charge >= 0.3 is 0 Å². The average Bonchev–Trinajstić information content (AvgIpc) is 2.94. The van der Waals surface area contributed by atoms with Gasteiger partial charge < -0.3 is 20.1 Å². The zero-order valence-corrected chi connectivity index (χ0v) is 12.1. The van der Waals surface area contributed by atoms with Crippen molar-refractivity contribution in [1.29, 1.82) is 0 Å². The summed E-state index contributed by atoms with van der Waals surface area (Å²) in [6.07, 6.45) is 0.982. The van der Waals surface area contributed by atoms with Crippen molar-refractivity contribution in [3.8, 4) is 11.5 Å². The van der Waals surface area contributed by atoms with Crippen LogP contribution in [0.2, 0.25) is 0 Å². The van der Waals surface area contributed by atoms with Gasteiger partial charge in [0, 0.05) is 13.1 Å². The Labute approximate surface area is 119 Å². The maximum Gasteiger partial charge on any atom is 0.260 e. The molecule has 1 fully saturated rings. The van der Waals surface area contributed by atoms with Gasteiger partial charge in [-0.1, -0.05) is 6.07 Å². The van der Waals surface area contributed by atoms with Gasteiger partial charge in [0.05, 0.1) is 7.11 Å². The molecule has 1 atom stereocenters. The van der Waals surface area contributed by atoms with Gasteiger partial charge in [-0.05, 0) is 43.5 Å². The van der Waals surface area contributed by atoms with E-state index >= 15 is 0 Å². The largest absolute Gasteiger partial charge is 0.493 e. The lowest BCUT2D eigenvalue weighted by molar-refractivity contribution is -0.132. The van der Waals surface area contributed by atoms with Gasteiger partial charge in [0.2, 0.25) is 0 Å². The average molecular weight is 278 g/mol. The molecule has 0 saturated carbocycles. The van der Waals surface area contributed by atoms with E-state index < -0.39 is 0 Å². The maximum atomic E-state index is 12.1. The van der Waals surface area contributed by atoms with Crippen molar-refractivity contribution < 1.29 is 14.3 Å². The van der Waals surface area contributed by atoms with Crippen molar-refractivity contribution in [1.82, 2.24) is 4.90 Å². The normalized spacial score (nSPS) is 18.1. The first-order valence-corrected chi connectivity index (χ1v) is 6.89. The van der Waals surface area contributed by atoms with Crippen molar-refractivity contribution in [2.75, 3.05) is 33.4 Å². The van der Waals surface area contributed by atoms with Crippen molar-refractivity contribution >= 4 is 5.91 Å². The van der Waals surface area contributed by atoms with Crippen LogP contribution in [0.15, 0.2) is 18.2 Å². The summed E-state index contributed by atoms with van der Waals surface area (Å²) in [5.41, 5.74) is 6.72. The summed E-state index contributed by atoms with van der Waals surface area (Å²) in [7, 11) is 1.59. The number of aryl methyl sites for hydroxylation is 1. The number of benzene rings is 1. The second kappa shape index (κ2) is 6.61. The van der Waals surface area contributed by atoms with E-state index in [4.69, 9.17) is 15.2 Å². The molecule has 5 heteroatoms. The molecule has 0 aliphatic carbocycles. The molecule has 20 heavy (non-hydrogen) atoms. The third kappa shape index (κ3) is 3.42. The summed E-state index contributed by atoms with van der Waals surface area (Å²) in [4.78, 5) is 13.9. The van der Waals surface area contributed by atoms with Crippen LogP contribution in [0.3, 0.4) is 0 Å². The van der Waals surface area contributed by atoms with E-state index in [0.29, 0.717) is 24.0 Å². The number of nitrogens with two attached hydrogens (primary N) is 1. The predicted octanol–water partition coefficient (Wildman–Crippen LogP) is 1.19. The highest BCUT2D eigenvalue weighted by atomic mass is 16.5. The Kier molecular flexibility index (Phi) is 4.84. The number of nitrogens with zero attached hydrogens (tertiary/aromatic N) is 1. The maximum absolute atomic E-state index is 12.1. The van der Waals surface area contributed by atoms with Crippen molar-refractivity contribution in [2.24, 2.45) is 11.7 Å². The number of rotatable bonds is 5. The summed E-state index contributed by atoms with van der Waals surface area (Å²) < 4.78 is 10.8. The first-order chi connectivity index (χ1) is 9.63. The molecule has 110 valence electrons. The molecule has 1 heterocycles. The number of carbonyl (C=O) groups is 1. The van der Waals surface area contributed by atoms with Crippen LogP contribution in [0.5, 0.6) is 11.5 Å². The molecule has 2 rings (SSSR count). The Balaban J connectivity index is 1.90. The summed E-state index contributed by atoms with van der Waals surface area (Å²) in [5, 5.41) is 0. The van der Waals surface area contributed by atoms with E-state index in [1.165, 1.54) is 0 Å². The Morgan fingerprint density at radius 1 is 1.45 bits per heavy atom. The SMILES string of the molecule is COc1cc(C)ccc1OCC(=O)N1CC[C@H](CN)C1. The molecule has 0 aromatic heterocycles. The number of hydrogen-bond donors (Lipinski definition) is 1. The number of likely N-dealkylation sites (tertiary alicyclic amines) is 1. The lowest BCUT2D eigenvalue weighted by Crippen LogP contribution is -2.33. The topological polar surface area (TPSA) is 64.8 Å². The molecule has 1 aromatic carbocycles. The Morgan fingerprint density at radius 3 is 2.90 bits per heavy atom. The Morgan fingerprint density at radius 2 is 2.25 bits per heavy atom. The number of amides is 1. The van der Waals surface area contributed by atoms with Gasteiger partial charge in [-0.25, -0.2) is 0 Å². The standard InChI is InChI=1S/C15H22N2O3/c1-11-3-4-13(14(7-11)19-2)20-10-15(18)17-6-5-12(8-16)9-17/h3-4,7,12H,5-6,8-10,16H2,1-2H3/t12-/m1/s1. The minimum absolute atomic E-state index is 0.00331. The summed E-state index contributed by atoms with van der Waals surface area (Å²) in [5.74, 6) is 1.68. The monoisotopic (exact) mass is 278 g/mol. The molecule has 0 unspecified atom stereocenters. The highest BCUT2D eigenvalue weighted by Crippen LogP contribution is 2.27. The zero-order chi connectivity index (χ0) is 14.5.